The highest BCUT2D eigenvalue weighted by Crippen LogP contribution is 2.34. The van der Waals surface area contributed by atoms with Crippen molar-refractivity contribution in [3.05, 3.63) is 70.6 Å². The van der Waals surface area contributed by atoms with Crippen LogP contribution < -0.4 is 0 Å². The van der Waals surface area contributed by atoms with Gasteiger partial charge in [-0.05, 0) is 66.4 Å². The monoisotopic (exact) mass is 425 g/mol. The van der Waals surface area contributed by atoms with E-state index in [0.717, 1.165) is 41.5 Å². The number of hydrogen-bond donors (Lipinski definition) is 0. The van der Waals surface area contributed by atoms with Gasteiger partial charge < -0.3 is 4.90 Å². The second-order valence-electron chi connectivity index (χ2n) is 7.20. The van der Waals surface area contributed by atoms with E-state index in [9.17, 15) is 18.8 Å². The summed E-state index contributed by atoms with van der Waals surface area (Å²) in [5.74, 6) is -1.14. The van der Waals surface area contributed by atoms with Crippen molar-refractivity contribution in [1.29, 1.82) is 0 Å². The summed E-state index contributed by atoms with van der Waals surface area (Å²) in [5, 5.41) is -0.475. The van der Waals surface area contributed by atoms with Crippen molar-refractivity contribution >= 4 is 34.9 Å². The molecule has 154 valence electrons. The fraction of sp³-hybridized carbons (Fsp3) is 0.273. The summed E-state index contributed by atoms with van der Waals surface area (Å²) >= 11 is 0.791. The molecular formula is C22H20FN3O3S. The van der Waals surface area contributed by atoms with Crippen LogP contribution in [0.5, 0.6) is 0 Å². The molecule has 1 aromatic carbocycles. The van der Waals surface area contributed by atoms with Crippen molar-refractivity contribution in [3.8, 4) is 0 Å². The molecule has 2 aliphatic heterocycles. The molecule has 2 aliphatic rings. The average molecular weight is 425 g/mol. The number of piperidine rings is 1. The predicted molar refractivity (Wildman–Crippen MR) is 112 cm³/mol. The summed E-state index contributed by atoms with van der Waals surface area (Å²) in [6.45, 7) is 0.294. The number of rotatable bonds is 4. The van der Waals surface area contributed by atoms with E-state index in [1.165, 1.54) is 30.3 Å². The minimum Gasteiger partial charge on any atom is -0.334 e. The van der Waals surface area contributed by atoms with E-state index in [2.05, 4.69) is 4.98 Å². The highest BCUT2D eigenvalue weighted by atomic mass is 32.2. The molecule has 2 fully saturated rings. The molecule has 0 N–H and O–H groups in total. The highest BCUT2D eigenvalue weighted by Gasteiger charge is 2.38. The van der Waals surface area contributed by atoms with Gasteiger partial charge in [-0.25, -0.2) is 4.39 Å². The van der Waals surface area contributed by atoms with Crippen molar-refractivity contribution in [1.82, 2.24) is 14.8 Å². The standard InChI is InChI=1S/C22H20FN3O3S/c23-17-8-6-15(7-9-17)12-19-21(28)26(22(29)30-19)14-20(27)25-11-2-1-5-18(25)16-4-3-10-24-13-16/h3-4,6-10,12-13,18H,1-2,5,11,14H2. The van der Waals surface area contributed by atoms with E-state index in [1.54, 1.807) is 17.3 Å². The molecule has 0 spiro atoms. The van der Waals surface area contributed by atoms with Crippen LogP contribution in [0.1, 0.15) is 36.4 Å². The number of hydrogen-bond acceptors (Lipinski definition) is 5. The Balaban J connectivity index is 1.49. The maximum atomic E-state index is 13.1. The fourth-order valence-electron chi connectivity index (χ4n) is 3.72. The lowest BCUT2D eigenvalue weighted by atomic mass is 9.96. The number of thioether (sulfide) groups is 1. The molecule has 0 bridgehead atoms. The first kappa shape index (κ1) is 20.3. The van der Waals surface area contributed by atoms with Gasteiger partial charge in [-0.1, -0.05) is 18.2 Å². The summed E-state index contributed by atoms with van der Waals surface area (Å²) in [5.41, 5.74) is 1.57. The summed E-state index contributed by atoms with van der Waals surface area (Å²) in [6.07, 6.45) is 7.69. The molecule has 0 aliphatic carbocycles. The second kappa shape index (κ2) is 8.79. The molecule has 1 atom stereocenters. The highest BCUT2D eigenvalue weighted by molar-refractivity contribution is 8.18. The minimum atomic E-state index is -0.502. The number of carbonyl (C=O) groups is 3. The molecule has 2 saturated heterocycles. The number of aromatic nitrogens is 1. The van der Waals surface area contributed by atoms with Gasteiger partial charge >= 0.3 is 0 Å². The van der Waals surface area contributed by atoms with Crippen molar-refractivity contribution < 1.29 is 18.8 Å². The van der Waals surface area contributed by atoms with Gasteiger partial charge in [0.1, 0.15) is 12.4 Å². The number of amides is 3. The zero-order valence-electron chi connectivity index (χ0n) is 16.2. The van der Waals surface area contributed by atoms with Crippen molar-refractivity contribution in [2.45, 2.75) is 25.3 Å². The molecule has 2 aromatic rings. The lowest BCUT2D eigenvalue weighted by Crippen LogP contribution is -2.45. The first-order valence-electron chi connectivity index (χ1n) is 9.73. The van der Waals surface area contributed by atoms with E-state index in [4.69, 9.17) is 0 Å². The Morgan fingerprint density at radius 1 is 1.20 bits per heavy atom. The van der Waals surface area contributed by atoms with E-state index in [-0.39, 0.29) is 29.2 Å². The molecule has 6 nitrogen and oxygen atoms in total. The molecule has 8 heteroatoms. The van der Waals surface area contributed by atoms with Crippen LogP contribution in [0, 0.1) is 5.82 Å². The van der Waals surface area contributed by atoms with Gasteiger partial charge in [-0.3, -0.25) is 24.3 Å². The van der Waals surface area contributed by atoms with Gasteiger partial charge in [0.25, 0.3) is 11.1 Å². The number of nitrogens with zero attached hydrogens (tertiary/aromatic N) is 3. The Labute approximate surface area is 177 Å². The normalized spacial score (nSPS) is 20.8. The SMILES string of the molecule is O=C1SC(=Cc2ccc(F)cc2)C(=O)N1CC(=O)N1CCCCC1c1cccnc1. The Morgan fingerprint density at radius 2 is 2.00 bits per heavy atom. The van der Waals surface area contributed by atoms with E-state index >= 15 is 0 Å². The third-order valence-corrected chi connectivity index (χ3v) is 6.13. The number of imide groups is 1. The zero-order valence-corrected chi connectivity index (χ0v) is 17.0. The largest absolute Gasteiger partial charge is 0.334 e. The molecule has 0 radical (unpaired) electrons. The molecular weight excluding hydrogens is 405 g/mol. The quantitative estimate of drug-likeness (QED) is 0.693. The molecule has 3 amide bonds. The first-order valence-corrected chi connectivity index (χ1v) is 10.5. The lowest BCUT2D eigenvalue weighted by Gasteiger charge is -2.36. The predicted octanol–water partition coefficient (Wildman–Crippen LogP) is 4.01. The maximum absolute atomic E-state index is 13.1. The second-order valence-corrected chi connectivity index (χ2v) is 8.20. The van der Waals surface area contributed by atoms with E-state index in [0.29, 0.717) is 12.1 Å². The lowest BCUT2D eigenvalue weighted by molar-refractivity contribution is -0.138. The molecule has 4 rings (SSSR count). The van der Waals surface area contributed by atoms with Gasteiger partial charge in [-0.15, -0.1) is 0 Å². The number of pyridine rings is 1. The van der Waals surface area contributed by atoms with Crippen LogP contribution >= 0.6 is 11.8 Å². The van der Waals surface area contributed by atoms with Gasteiger partial charge in [-0.2, -0.15) is 0 Å². The Hall–Kier alpha value is -3.00. The molecule has 3 heterocycles. The van der Waals surface area contributed by atoms with Crippen LogP contribution in [0.4, 0.5) is 9.18 Å². The zero-order chi connectivity index (χ0) is 21.1. The molecule has 1 aromatic heterocycles. The minimum absolute atomic E-state index is 0.102. The fourth-order valence-corrected chi connectivity index (χ4v) is 4.56. The van der Waals surface area contributed by atoms with Crippen molar-refractivity contribution in [2.75, 3.05) is 13.1 Å². The number of halogens is 1. The van der Waals surface area contributed by atoms with E-state index in [1.807, 2.05) is 12.1 Å². The van der Waals surface area contributed by atoms with Gasteiger partial charge in [0.2, 0.25) is 5.91 Å². The van der Waals surface area contributed by atoms with Crippen LogP contribution in [-0.2, 0) is 9.59 Å². The number of benzene rings is 1. The van der Waals surface area contributed by atoms with Crippen LogP contribution in [0.2, 0.25) is 0 Å². The van der Waals surface area contributed by atoms with Gasteiger partial charge in [0.05, 0.1) is 10.9 Å². The van der Waals surface area contributed by atoms with Crippen LogP contribution in [0.25, 0.3) is 6.08 Å². The summed E-state index contributed by atoms with van der Waals surface area (Å²) in [6, 6.07) is 9.30. The van der Waals surface area contributed by atoms with E-state index < -0.39 is 11.1 Å². The Kier molecular flexibility index (Phi) is 5.94. The van der Waals surface area contributed by atoms with Crippen molar-refractivity contribution in [3.63, 3.8) is 0 Å². The number of likely N-dealkylation sites (tertiary alicyclic amines) is 1. The topological polar surface area (TPSA) is 70.6 Å². The van der Waals surface area contributed by atoms with Crippen LogP contribution in [0.3, 0.4) is 0 Å². The third-order valence-electron chi connectivity index (χ3n) is 5.23. The summed E-state index contributed by atoms with van der Waals surface area (Å²) in [4.78, 5) is 45.2. The third kappa shape index (κ3) is 4.28. The Bertz CT molecular complexity index is 994. The van der Waals surface area contributed by atoms with Gasteiger partial charge in [0.15, 0.2) is 0 Å². The van der Waals surface area contributed by atoms with Crippen LogP contribution in [0.15, 0.2) is 53.7 Å². The molecule has 0 saturated carbocycles. The smallest absolute Gasteiger partial charge is 0.294 e. The van der Waals surface area contributed by atoms with Crippen molar-refractivity contribution in [2.24, 2.45) is 0 Å². The van der Waals surface area contributed by atoms with Crippen LogP contribution in [-0.4, -0.2) is 44.9 Å². The number of carbonyl (C=O) groups excluding carboxylic acids is 3. The van der Waals surface area contributed by atoms with Gasteiger partial charge in [0, 0.05) is 18.9 Å². The molecule has 1 unspecified atom stereocenters. The summed E-state index contributed by atoms with van der Waals surface area (Å²) in [7, 11) is 0. The average Bonchev–Trinajstić information content (AvgIpc) is 3.03. The summed E-state index contributed by atoms with van der Waals surface area (Å²) < 4.78 is 13.1. The molecule has 30 heavy (non-hydrogen) atoms. The maximum Gasteiger partial charge on any atom is 0.294 e. The Morgan fingerprint density at radius 3 is 2.73 bits per heavy atom. The first-order chi connectivity index (χ1) is 14.5.